The maximum atomic E-state index is 11.8. The molecule has 8 heteroatoms. The van der Waals surface area contributed by atoms with Gasteiger partial charge in [0.05, 0.1) is 12.1 Å². The van der Waals surface area contributed by atoms with Gasteiger partial charge in [0.2, 0.25) is 11.8 Å². The quantitative estimate of drug-likeness (QED) is 0.438. The van der Waals surface area contributed by atoms with Crippen molar-refractivity contribution < 1.29 is 24.3 Å². The maximum absolute atomic E-state index is 11.8. The van der Waals surface area contributed by atoms with E-state index in [0.717, 1.165) is 0 Å². The van der Waals surface area contributed by atoms with Crippen LogP contribution < -0.4 is 16.4 Å². The second-order valence-electron chi connectivity index (χ2n) is 4.82. The fraction of sp³-hybridized carbons (Fsp3) is 0.692. The fourth-order valence-corrected chi connectivity index (χ4v) is 1.52. The van der Waals surface area contributed by atoms with Crippen LogP contribution in [-0.4, -0.2) is 46.8 Å². The van der Waals surface area contributed by atoms with Crippen LogP contribution in [0.5, 0.6) is 0 Å². The molecule has 0 aliphatic rings. The number of carbonyl (C=O) groups is 4. The van der Waals surface area contributed by atoms with Gasteiger partial charge in [0.25, 0.3) is 0 Å². The van der Waals surface area contributed by atoms with Gasteiger partial charge in [-0.2, -0.15) is 0 Å². The van der Waals surface area contributed by atoms with E-state index in [1.165, 1.54) is 6.92 Å². The topological polar surface area (TPSA) is 139 Å². The summed E-state index contributed by atoms with van der Waals surface area (Å²) in [5, 5.41) is 13.4. The molecule has 5 N–H and O–H groups in total. The van der Waals surface area contributed by atoms with Crippen molar-refractivity contribution in [1.29, 1.82) is 0 Å². The first-order chi connectivity index (χ1) is 9.68. The lowest BCUT2D eigenvalue weighted by Gasteiger charge is -2.19. The first-order valence-corrected chi connectivity index (χ1v) is 6.79. The number of aliphatic carboxylic acids is 1. The van der Waals surface area contributed by atoms with E-state index in [9.17, 15) is 19.2 Å². The van der Waals surface area contributed by atoms with Gasteiger partial charge in [-0.3, -0.25) is 19.2 Å². The smallest absolute Gasteiger partial charge is 0.303 e. The van der Waals surface area contributed by atoms with Crippen molar-refractivity contribution in [2.45, 2.75) is 58.2 Å². The molecule has 0 rings (SSSR count). The lowest BCUT2D eigenvalue weighted by atomic mass is 10.1. The van der Waals surface area contributed by atoms with Crippen LogP contribution in [0.15, 0.2) is 0 Å². The molecule has 0 aromatic carbocycles. The highest BCUT2D eigenvalue weighted by Gasteiger charge is 2.22. The van der Waals surface area contributed by atoms with Crippen molar-refractivity contribution in [1.82, 2.24) is 10.6 Å². The monoisotopic (exact) mass is 301 g/mol. The third-order valence-electron chi connectivity index (χ3n) is 2.95. The molecule has 0 unspecified atom stereocenters. The number of amides is 2. The van der Waals surface area contributed by atoms with E-state index in [-0.39, 0.29) is 18.6 Å². The highest BCUT2D eigenvalue weighted by molar-refractivity contribution is 5.93. The van der Waals surface area contributed by atoms with Gasteiger partial charge in [-0.1, -0.05) is 6.92 Å². The molecule has 0 bridgehead atoms. The second kappa shape index (κ2) is 9.06. The van der Waals surface area contributed by atoms with Crippen LogP contribution in [0, 0.1) is 0 Å². The number of carbonyl (C=O) groups excluding carboxylic acids is 3. The Morgan fingerprint density at radius 3 is 2.05 bits per heavy atom. The van der Waals surface area contributed by atoms with Gasteiger partial charge in [-0.25, -0.2) is 0 Å². The van der Waals surface area contributed by atoms with Gasteiger partial charge in [-0.15, -0.1) is 0 Å². The van der Waals surface area contributed by atoms with Crippen molar-refractivity contribution in [3.63, 3.8) is 0 Å². The highest BCUT2D eigenvalue weighted by Crippen LogP contribution is 1.97. The molecule has 8 nitrogen and oxygen atoms in total. The molecule has 0 heterocycles. The number of hydrogen-bond donors (Lipinski definition) is 4. The number of nitrogens with one attached hydrogen (secondary N) is 2. The average molecular weight is 301 g/mol. The maximum Gasteiger partial charge on any atom is 0.303 e. The number of carboxylic acids is 1. The van der Waals surface area contributed by atoms with E-state index in [1.54, 1.807) is 13.8 Å². The first-order valence-electron chi connectivity index (χ1n) is 6.79. The normalized spacial score (nSPS) is 14.7. The van der Waals surface area contributed by atoms with Gasteiger partial charge in [0.15, 0.2) is 5.78 Å². The average Bonchev–Trinajstić information content (AvgIpc) is 2.42. The molecule has 0 aliphatic carbocycles. The third-order valence-corrected chi connectivity index (χ3v) is 2.95. The van der Waals surface area contributed by atoms with Crippen molar-refractivity contribution in [3.8, 4) is 0 Å². The van der Waals surface area contributed by atoms with Crippen LogP contribution in [0.2, 0.25) is 0 Å². The number of nitrogens with two attached hydrogens (primary N) is 1. The van der Waals surface area contributed by atoms with Crippen molar-refractivity contribution in [2.24, 2.45) is 5.73 Å². The number of hydrogen-bond acceptors (Lipinski definition) is 5. The second-order valence-corrected chi connectivity index (χ2v) is 4.82. The molecule has 0 fully saturated rings. The Labute approximate surface area is 123 Å². The van der Waals surface area contributed by atoms with Crippen LogP contribution >= 0.6 is 0 Å². The summed E-state index contributed by atoms with van der Waals surface area (Å²) in [4.78, 5) is 45.2. The molecule has 120 valence electrons. The lowest BCUT2D eigenvalue weighted by Crippen LogP contribution is -2.52. The van der Waals surface area contributed by atoms with Gasteiger partial charge in [-0.05, 0) is 20.3 Å². The molecular formula is C13H23N3O5. The summed E-state index contributed by atoms with van der Waals surface area (Å²) < 4.78 is 0. The van der Waals surface area contributed by atoms with E-state index >= 15 is 0 Å². The number of rotatable bonds is 9. The Morgan fingerprint density at radius 2 is 1.57 bits per heavy atom. The third kappa shape index (κ3) is 7.40. The number of ketones is 1. The fourth-order valence-electron chi connectivity index (χ4n) is 1.52. The number of carboxylic acid groups (broad SMARTS) is 1. The minimum atomic E-state index is -1.05. The summed E-state index contributed by atoms with van der Waals surface area (Å²) in [6.45, 7) is 4.72. The molecular weight excluding hydrogens is 278 g/mol. The van der Waals surface area contributed by atoms with Gasteiger partial charge >= 0.3 is 5.97 Å². The Hall–Kier alpha value is -1.96. The van der Waals surface area contributed by atoms with Crippen molar-refractivity contribution >= 4 is 23.6 Å². The van der Waals surface area contributed by atoms with E-state index in [0.29, 0.717) is 6.42 Å². The van der Waals surface area contributed by atoms with Crippen molar-refractivity contribution in [2.75, 3.05) is 0 Å². The number of Topliss-reactive ketones (excluding diaryl/α,β-unsaturated/α-hetero) is 1. The summed E-state index contributed by atoms with van der Waals surface area (Å²) in [6.07, 6.45) is 0.0691. The molecule has 0 aromatic heterocycles. The molecule has 21 heavy (non-hydrogen) atoms. The summed E-state index contributed by atoms with van der Waals surface area (Å²) in [5.41, 5.74) is 5.52. The molecule has 2 amide bonds. The minimum Gasteiger partial charge on any atom is -0.481 e. The van der Waals surface area contributed by atoms with Crippen LogP contribution in [0.3, 0.4) is 0 Å². The zero-order valence-electron chi connectivity index (χ0n) is 12.5. The van der Waals surface area contributed by atoms with Crippen LogP contribution in [0.1, 0.15) is 40.0 Å². The molecule has 0 spiro atoms. The molecule has 3 atom stereocenters. The van der Waals surface area contributed by atoms with Gasteiger partial charge in [0, 0.05) is 12.8 Å². The Bertz CT molecular complexity index is 411. The van der Waals surface area contributed by atoms with Crippen LogP contribution in [0.4, 0.5) is 0 Å². The molecule has 0 radical (unpaired) electrons. The molecule has 0 aromatic rings. The summed E-state index contributed by atoms with van der Waals surface area (Å²) in [7, 11) is 0. The van der Waals surface area contributed by atoms with E-state index in [4.69, 9.17) is 10.8 Å². The van der Waals surface area contributed by atoms with E-state index in [1.807, 2.05) is 0 Å². The minimum absolute atomic E-state index is 0.0137. The van der Waals surface area contributed by atoms with Crippen LogP contribution in [0.25, 0.3) is 0 Å². The summed E-state index contributed by atoms with van der Waals surface area (Å²) in [6, 6.07) is -2.48. The Kier molecular flexibility index (Phi) is 8.22. The lowest BCUT2D eigenvalue weighted by molar-refractivity contribution is -0.137. The SMILES string of the molecule is CCC(=O)[C@H](C)NC(=O)[C@H](C)NC(=O)[C@@H](N)CCC(=O)O. The standard InChI is InChI=1S/C13H23N3O5/c1-4-10(17)7(2)15-12(20)8(3)16-13(21)9(14)5-6-11(18)19/h7-9H,4-6,14H2,1-3H3,(H,15,20)(H,16,21)(H,18,19)/t7-,8-,9-/m0/s1. The summed E-state index contributed by atoms with van der Waals surface area (Å²) in [5.74, 6) is -2.26. The predicted octanol–water partition coefficient (Wildman–Crippen LogP) is -0.833. The zero-order valence-corrected chi connectivity index (χ0v) is 12.5. The zero-order chi connectivity index (χ0) is 16.6. The largest absolute Gasteiger partial charge is 0.481 e. The highest BCUT2D eigenvalue weighted by atomic mass is 16.4. The predicted molar refractivity (Wildman–Crippen MR) is 75.4 cm³/mol. The van der Waals surface area contributed by atoms with Crippen LogP contribution in [-0.2, 0) is 19.2 Å². The van der Waals surface area contributed by atoms with E-state index in [2.05, 4.69) is 10.6 Å². The Morgan fingerprint density at radius 1 is 1.05 bits per heavy atom. The van der Waals surface area contributed by atoms with Crippen molar-refractivity contribution in [3.05, 3.63) is 0 Å². The summed E-state index contributed by atoms with van der Waals surface area (Å²) >= 11 is 0. The first kappa shape index (κ1) is 19.0. The molecule has 0 saturated heterocycles. The van der Waals surface area contributed by atoms with Gasteiger partial charge in [0.1, 0.15) is 6.04 Å². The molecule has 0 saturated carbocycles. The van der Waals surface area contributed by atoms with E-state index < -0.39 is 35.9 Å². The van der Waals surface area contributed by atoms with Gasteiger partial charge < -0.3 is 21.5 Å². The molecule has 0 aliphatic heterocycles. The Balaban J connectivity index is 4.30.